The van der Waals surface area contributed by atoms with E-state index >= 15 is 0 Å². The van der Waals surface area contributed by atoms with Gasteiger partial charge in [-0.05, 0) is 30.9 Å². The molecule has 6 amide bonds. The van der Waals surface area contributed by atoms with E-state index < -0.39 is 36.0 Å². The molecule has 0 bridgehead atoms. The Labute approximate surface area is 174 Å². The molecule has 2 aromatic rings. The molecule has 0 saturated carbocycles. The van der Waals surface area contributed by atoms with E-state index in [1.807, 2.05) is 60.7 Å². The second-order valence-electron chi connectivity index (χ2n) is 7.36. The number of nitrogens with one attached hydrogen (secondary N) is 3. The van der Waals surface area contributed by atoms with Crippen molar-refractivity contribution in [3.05, 3.63) is 71.8 Å². The zero-order chi connectivity index (χ0) is 21.6. The van der Waals surface area contributed by atoms with Crippen LogP contribution in [0, 0.1) is 0 Å². The van der Waals surface area contributed by atoms with Gasteiger partial charge in [0.2, 0.25) is 5.91 Å². The molecule has 8 nitrogen and oxygen atoms in total. The fraction of sp³-hybridized carbons (Fsp3) is 0.273. The predicted molar refractivity (Wildman–Crippen MR) is 110 cm³/mol. The Morgan fingerprint density at radius 2 is 1.57 bits per heavy atom. The highest BCUT2D eigenvalue weighted by Crippen LogP contribution is 2.23. The van der Waals surface area contributed by atoms with Gasteiger partial charge in [-0.1, -0.05) is 60.7 Å². The Kier molecular flexibility index (Phi) is 6.46. The Morgan fingerprint density at radius 1 is 0.967 bits per heavy atom. The lowest BCUT2D eigenvalue weighted by atomic mass is 9.93. The Balaban J connectivity index is 1.50. The highest BCUT2D eigenvalue weighted by atomic mass is 16.2. The molecule has 1 aliphatic rings. The standard InChI is InChI=1S/C22H24N4O4/c1-22(13-12-16-8-4-2-5-9-16)19(28)26(21(30)25-22)15-18(27)24-20(29)23-14-17-10-6-3-7-11-17/h2-11H,12-15H2,1H3,(H,25,30)(H2,23,24,27,29)/t22-/m0/s1. The Hall–Kier alpha value is -3.68. The second kappa shape index (κ2) is 9.21. The van der Waals surface area contributed by atoms with Crippen LogP contribution in [0.15, 0.2) is 60.7 Å². The van der Waals surface area contributed by atoms with Crippen LogP contribution in [0.2, 0.25) is 0 Å². The van der Waals surface area contributed by atoms with Crippen molar-refractivity contribution in [3.8, 4) is 0 Å². The first-order valence-corrected chi connectivity index (χ1v) is 9.67. The molecule has 1 atom stereocenters. The van der Waals surface area contributed by atoms with Crippen molar-refractivity contribution in [3.63, 3.8) is 0 Å². The monoisotopic (exact) mass is 408 g/mol. The van der Waals surface area contributed by atoms with Crippen molar-refractivity contribution in [2.75, 3.05) is 6.54 Å². The van der Waals surface area contributed by atoms with Crippen molar-refractivity contribution in [2.45, 2.75) is 31.8 Å². The van der Waals surface area contributed by atoms with E-state index in [2.05, 4.69) is 16.0 Å². The highest BCUT2D eigenvalue weighted by molar-refractivity contribution is 6.09. The molecule has 0 aliphatic carbocycles. The predicted octanol–water partition coefficient (Wildman–Crippen LogP) is 1.96. The zero-order valence-corrected chi connectivity index (χ0v) is 16.7. The van der Waals surface area contributed by atoms with Crippen LogP contribution < -0.4 is 16.0 Å². The highest BCUT2D eigenvalue weighted by Gasteiger charge is 2.47. The van der Waals surface area contributed by atoms with Gasteiger partial charge in [0.25, 0.3) is 5.91 Å². The van der Waals surface area contributed by atoms with Crippen LogP contribution in [0.5, 0.6) is 0 Å². The lowest BCUT2D eigenvalue weighted by Gasteiger charge is -2.21. The number of carbonyl (C=O) groups excluding carboxylic acids is 4. The van der Waals surface area contributed by atoms with Crippen molar-refractivity contribution in [1.82, 2.24) is 20.9 Å². The summed E-state index contributed by atoms with van der Waals surface area (Å²) in [6, 6.07) is 17.5. The first-order chi connectivity index (χ1) is 14.4. The molecule has 0 unspecified atom stereocenters. The summed E-state index contributed by atoms with van der Waals surface area (Å²) in [7, 11) is 0. The number of urea groups is 2. The van der Waals surface area contributed by atoms with Gasteiger partial charge in [0.05, 0.1) is 0 Å². The molecular weight excluding hydrogens is 384 g/mol. The molecule has 3 N–H and O–H groups in total. The summed E-state index contributed by atoms with van der Waals surface area (Å²) >= 11 is 0. The molecule has 1 saturated heterocycles. The van der Waals surface area contributed by atoms with Crippen molar-refractivity contribution in [1.29, 1.82) is 0 Å². The minimum Gasteiger partial charge on any atom is -0.334 e. The summed E-state index contributed by atoms with van der Waals surface area (Å²) in [5.74, 6) is -1.22. The largest absolute Gasteiger partial charge is 0.334 e. The number of hydrogen-bond acceptors (Lipinski definition) is 4. The van der Waals surface area contributed by atoms with Crippen LogP contribution >= 0.6 is 0 Å². The SMILES string of the molecule is C[C@@]1(CCc2ccccc2)NC(=O)N(CC(=O)NC(=O)NCc2ccccc2)C1=O. The maximum atomic E-state index is 12.8. The molecule has 0 aromatic heterocycles. The van der Waals surface area contributed by atoms with Gasteiger partial charge in [-0.2, -0.15) is 0 Å². The molecule has 156 valence electrons. The lowest BCUT2D eigenvalue weighted by Crippen LogP contribution is -2.47. The van der Waals surface area contributed by atoms with Crippen molar-refractivity contribution < 1.29 is 19.2 Å². The van der Waals surface area contributed by atoms with Crippen LogP contribution in [0.4, 0.5) is 9.59 Å². The van der Waals surface area contributed by atoms with E-state index in [9.17, 15) is 19.2 Å². The van der Waals surface area contributed by atoms with Gasteiger partial charge in [0.1, 0.15) is 12.1 Å². The summed E-state index contributed by atoms with van der Waals surface area (Å²) in [6.45, 7) is 1.37. The number of nitrogens with zero attached hydrogens (tertiary/aromatic N) is 1. The summed E-state index contributed by atoms with van der Waals surface area (Å²) in [6.07, 6.45) is 1.00. The number of imide groups is 2. The molecule has 0 spiro atoms. The van der Waals surface area contributed by atoms with Crippen LogP contribution in [-0.2, 0) is 22.6 Å². The number of aryl methyl sites for hydroxylation is 1. The summed E-state index contributed by atoms with van der Waals surface area (Å²) in [4.78, 5) is 49.9. The van der Waals surface area contributed by atoms with Gasteiger partial charge in [-0.15, -0.1) is 0 Å². The summed E-state index contributed by atoms with van der Waals surface area (Å²) in [5.41, 5.74) is 0.832. The molecule has 8 heteroatoms. The van der Waals surface area contributed by atoms with Crippen LogP contribution in [0.3, 0.4) is 0 Å². The van der Waals surface area contributed by atoms with Gasteiger partial charge >= 0.3 is 12.1 Å². The third-order valence-corrected chi connectivity index (χ3v) is 4.95. The number of carbonyl (C=O) groups is 4. The smallest absolute Gasteiger partial charge is 0.325 e. The van der Waals surface area contributed by atoms with E-state index in [-0.39, 0.29) is 6.54 Å². The minimum absolute atomic E-state index is 0.251. The average Bonchev–Trinajstić information content (AvgIpc) is 2.95. The third-order valence-electron chi connectivity index (χ3n) is 4.95. The minimum atomic E-state index is -1.09. The van der Waals surface area contributed by atoms with Crippen LogP contribution in [0.1, 0.15) is 24.5 Å². The molecule has 0 radical (unpaired) electrons. The lowest BCUT2D eigenvalue weighted by molar-refractivity contribution is -0.134. The number of rotatable bonds is 7. The maximum Gasteiger partial charge on any atom is 0.325 e. The Morgan fingerprint density at radius 3 is 2.20 bits per heavy atom. The number of benzene rings is 2. The topological polar surface area (TPSA) is 108 Å². The number of amides is 6. The van der Waals surface area contributed by atoms with Crippen molar-refractivity contribution in [2.24, 2.45) is 0 Å². The van der Waals surface area contributed by atoms with Gasteiger partial charge in [-0.3, -0.25) is 19.8 Å². The van der Waals surface area contributed by atoms with E-state index in [4.69, 9.17) is 0 Å². The Bertz CT molecular complexity index is 933. The van der Waals surface area contributed by atoms with E-state index in [1.54, 1.807) is 6.92 Å². The maximum absolute atomic E-state index is 12.8. The van der Waals surface area contributed by atoms with Crippen molar-refractivity contribution >= 4 is 23.9 Å². The summed E-state index contributed by atoms with van der Waals surface area (Å²) < 4.78 is 0. The first kappa shape index (κ1) is 21.0. The molecule has 1 heterocycles. The molecule has 3 rings (SSSR count). The normalized spacial score (nSPS) is 18.1. The van der Waals surface area contributed by atoms with Crippen LogP contribution in [0.25, 0.3) is 0 Å². The molecular formula is C22H24N4O4. The number of hydrogen-bond donors (Lipinski definition) is 3. The summed E-state index contributed by atoms with van der Waals surface area (Å²) in [5, 5.41) is 7.36. The van der Waals surface area contributed by atoms with Gasteiger partial charge in [0.15, 0.2) is 0 Å². The van der Waals surface area contributed by atoms with E-state index in [1.165, 1.54) is 0 Å². The fourth-order valence-electron chi connectivity index (χ4n) is 3.23. The quantitative estimate of drug-likeness (QED) is 0.609. The fourth-order valence-corrected chi connectivity index (χ4v) is 3.23. The zero-order valence-electron chi connectivity index (χ0n) is 16.7. The van der Waals surface area contributed by atoms with Gasteiger partial charge in [0, 0.05) is 6.54 Å². The van der Waals surface area contributed by atoms with E-state index in [0.29, 0.717) is 12.8 Å². The van der Waals surface area contributed by atoms with Crippen LogP contribution in [-0.4, -0.2) is 40.9 Å². The third kappa shape index (κ3) is 5.22. The molecule has 1 aliphatic heterocycles. The first-order valence-electron chi connectivity index (χ1n) is 9.67. The second-order valence-corrected chi connectivity index (χ2v) is 7.36. The van der Waals surface area contributed by atoms with Gasteiger partial charge in [-0.25, -0.2) is 9.59 Å². The van der Waals surface area contributed by atoms with E-state index in [0.717, 1.165) is 16.0 Å². The average molecular weight is 408 g/mol. The molecule has 30 heavy (non-hydrogen) atoms. The molecule has 2 aromatic carbocycles. The van der Waals surface area contributed by atoms with Gasteiger partial charge < -0.3 is 10.6 Å². The molecule has 1 fully saturated rings.